The molecule has 1 saturated heterocycles. The smallest absolute Gasteiger partial charge is 0.325 e. The van der Waals surface area contributed by atoms with Crippen LogP contribution in [0.3, 0.4) is 0 Å². The van der Waals surface area contributed by atoms with E-state index in [0.29, 0.717) is 11.6 Å². The van der Waals surface area contributed by atoms with Gasteiger partial charge >= 0.3 is 6.03 Å². The lowest BCUT2D eigenvalue weighted by atomic mass is 10.2. The highest BCUT2D eigenvalue weighted by Crippen LogP contribution is 2.15. The van der Waals surface area contributed by atoms with Gasteiger partial charge in [0.15, 0.2) is 0 Å². The van der Waals surface area contributed by atoms with Crippen LogP contribution < -0.4 is 5.32 Å². The van der Waals surface area contributed by atoms with Crippen molar-refractivity contribution in [2.75, 3.05) is 13.1 Å². The minimum absolute atomic E-state index is 0.0535. The second-order valence-electron chi connectivity index (χ2n) is 5.38. The molecule has 1 aromatic carbocycles. The summed E-state index contributed by atoms with van der Waals surface area (Å²) in [5, 5.41) is 3.00. The Balaban J connectivity index is 2.09. The fourth-order valence-electron chi connectivity index (χ4n) is 2.23. The summed E-state index contributed by atoms with van der Waals surface area (Å²) in [5.41, 5.74) is 0.895. The number of hydrogen-bond acceptors (Lipinski definition) is 3. The van der Waals surface area contributed by atoms with Gasteiger partial charge in [-0.1, -0.05) is 23.7 Å². The Kier molecular flexibility index (Phi) is 5.03. The van der Waals surface area contributed by atoms with Gasteiger partial charge in [0.2, 0.25) is 5.91 Å². The molecule has 1 N–H and O–H groups in total. The van der Waals surface area contributed by atoms with Crippen LogP contribution in [-0.4, -0.2) is 46.8 Å². The van der Waals surface area contributed by atoms with E-state index in [1.165, 1.54) is 0 Å². The number of nitrogens with zero attached hydrogens (tertiary/aromatic N) is 2. The highest BCUT2D eigenvalue weighted by atomic mass is 35.5. The van der Waals surface area contributed by atoms with Crippen molar-refractivity contribution in [1.82, 2.24) is 15.1 Å². The number of amides is 4. The normalized spacial score (nSPS) is 14.5. The minimum Gasteiger partial charge on any atom is -0.334 e. The Morgan fingerprint density at radius 1 is 1.41 bits per heavy atom. The maximum Gasteiger partial charge on any atom is 0.325 e. The second-order valence-corrected chi connectivity index (χ2v) is 5.82. The molecule has 0 aromatic heterocycles. The fourth-order valence-corrected chi connectivity index (χ4v) is 2.45. The Hall–Kier alpha value is -2.08. The number of rotatable bonds is 5. The standard InChI is InChI=1S/C15H18ClN3O3/c1-10(2)18(8-11-4-3-5-12(16)6-11)14(21)9-19-13(20)7-17-15(19)22/h3-6,10H,7-9H2,1-2H3,(H,17,22). The zero-order valence-electron chi connectivity index (χ0n) is 12.5. The van der Waals surface area contributed by atoms with Gasteiger partial charge in [-0.3, -0.25) is 14.5 Å². The monoisotopic (exact) mass is 323 g/mol. The van der Waals surface area contributed by atoms with Crippen LogP contribution in [0.2, 0.25) is 5.02 Å². The first-order valence-corrected chi connectivity index (χ1v) is 7.38. The van der Waals surface area contributed by atoms with Crippen LogP contribution in [-0.2, 0) is 16.1 Å². The van der Waals surface area contributed by atoms with Gasteiger partial charge in [0.25, 0.3) is 5.91 Å². The molecule has 1 aliphatic rings. The number of hydrogen-bond donors (Lipinski definition) is 1. The van der Waals surface area contributed by atoms with Crippen molar-refractivity contribution in [3.63, 3.8) is 0 Å². The Labute approximate surface area is 134 Å². The Bertz CT molecular complexity index is 587. The summed E-state index contributed by atoms with van der Waals surface area (Å²) >= 11 is 5.95. The van der Waals surface area contributed by atoms with Crippen LogP contribution >= 0.6 is 11.6 Å². The van der Waals surface area contributed by atoms with E-state index in [4.69, 9.17) is 11.6 Å². The van der Waals surface area contributed by atoms with E-state index in [0.717, 1.165) is 10.5 Å². The molecule has 118 valence electrons. The Morgan fingerprint density at radius 3 is 2.68 bits per heavy atom. The summed E-state index contributed by atoms with van der Waals surface area (Å²) in [4.78, 5) is 38.1. The Morgan fingerprint density at radius 2 is 2.14 bits per heavy atom. The lowest BCUT2D eigenvalue weighted by Gasteiger charge is -2.28. The zero-order chi connectivity index (χ0) is 16.3. The summed E-state index contributed by atoms with van der Waals surface area (Å²) in [5.74, 6) is -0.662. The van der Waals surface area contributed by atoms with E-state index in [9.17, 15) is 14.4 Å². The summed E-state index contributed by atoms with van der Waals surface area (Å²) in [6, 6.07) is 6.66. The minimum atomic E-state index is -0.523. The molecule has 7 heteroatoms. The predicted octanol–water partition coefficient (Wildman–Crippen LogP) is 1.63. The summed E-state index contributed by atoms with van der Waals surface area (Å²) < 4.78 is 0. The first-order chi connectivity index (χ1) is 10.4. The molecule has 0 atom stereocenters. The molecule has 1 fully saturated rings. The van der Waals surface area contributed by atoms with Crippen LogP contribution in [0.1, 0.15) is 19.4 Å². The summed E-state index contributed by atoms with van der Waals surface area (Å²) in [6.45, 7) is 3.84. The van der Waals surface area contributed by atoms with Gasteiger partial charge in [0.1, 0.15) is 6.54 Å². The van der Waals surface area contributed by atoms with Gasteiger partial charge in [-0.05, 0) is 31.5 Å². The number of halogens is 1. The number of urea groups is 1. The molecule has 6 nitrogen and oxygen atoms in total. The van der Waals surface area contributed by atoms with Crippen LogP contribution in [0.5, 0.6) is 0 Å². The highest BCUT2D eigenvalue weighted by molar-refractivity contribution is 6.30. The molecule has 1 heterocycles. The largest absolute Gasteiger partial charge is 0.334 e. The van der Waals surface area contributed by atoms with Crippen molar-refractivity contribution < 1.29 is 14.4 Å². The van der Waals surface area contributed by atoms with Crippen molar-refractivity contribution in [2.24, 2.45) is 0 Å². The van der Waals surface area contributed by atoms with Crippen LogP contribution in [0, 0.1) is 0 Å². The third-order valence-corrected chi connectivity index (χ3v) is 3.65. The molecule has 0 spiro atoms. The van der Waals surface area contributed by atoms with Crippen LogP contribution in [0.4, 0.5) is 4.79 Å². The van der Waals surface area contributed by atoms with Gasteiger partial charge in [0, 0.05) is 17.6 Å². The van der Waals surface area contributed by atoms with E-state index in [-0.39, 0.29) is 30.9 Å². The third-order valence-electron chi connectivity index (χ3n) is 3.42. The summed E-state index contributed by atoms with van der Waals surface area (Å²) in [6.07, 6.45) is 0. The van der Waals surface area contributed by atoms with Crippen molar-refractivity contribution in [3.8, 4) is 0 Å². The number of benzene rings is 1. The van der Waals surface area contributed by atoms with Gasteiger partial charge in [-0.15, -0.1) is 0 Å². The van der Waals surface area contributed by atoms with Gasteiger partial charge in [-0.2, -0.15) is 0 Å². The number of carbonyl (C=O) groups is 3. The molecule has 0 unspecified atom stereocenters. The van der Waals surface area contributed by atoms with Gasteiger partial charge in [0.05, 0.1) is 6.54 Å². The first kappa shape index (κ1) is 16.3. The van der Waals surface area contributed by atoms with E-state index in [2.05, 4.69) is 5.32 Å². The molecule has 4 amide bonds. The first-order valence-electron chi connectivity index (χ1n) is 7.00. The fraction of sp³-hybridized carbons (Fsp3) is 0.400. The molecule has 0 bridgehead atoms. The van der Waals surface area contributed by atoms with Crippen molar-refractivity contribution in [3.05, 3.63) is 34.9 Å². The van der Waals surface area contributed by atoms with E-state index >= 15 is 0 Å². The summed E-state index contributed by atoms with van der Waals surface area (Å²) in [7, 11) is 0. The van der Waals surface area contributed by atoms with E-state index in [1.807, 2.05) is 26.0 Å². The van der Waals surface area contributed by atoms with E-state index < -0.39 is 6.03 Å². The quantitative estimate of drug-likeness (QED) is 0.837. The van der Waals surface area contributed by atoms with Gasteiger partial charge < -0.3 is 10.2 Å². The van der Waals surface area contributed by atoms with Crippen molar-refractivity contribution >= 4 is 29.4 Å². The average molecular weight is 324 g/mol. The number of nitrogens with one attached hydrogen (secondary N) is 1. The topological polar surface area (TPSA) is 69.7 Å². The molecular formula is C15H18ClN3O3. The second kappa shape index (κ2) is 6.79. The molecule has 1 aromatic rings. The van der Waals surface area contributed by atoms with Crippen molar-refractivity contribution in [1.29, 1.82) is 0 Å². The third kappa shape index (κ3) is 3.76. The molecule has 1 aliphatic heterocycles. The van der Waals surface area contributed by atoms with Crippen LogP contribution in [0.15, 0.2) is 24.3 Å². The lowest BCUT2D eigenvalue weighted by Crippen LogP contribution is -2.45. The molecule has 2 rings (SSSR count). The zero-order valence-corrected chi connectivity index (χ0v) is 13.3. The highest BCUT2D eigenvalue weighted by Gasteiger charge is 2.32. The van der Waals surface area contributed by atoms with Crippen molar-refractivity contribution in [2.45, 2.75) is 26.4 Å². The SMILES string of the molecule is CC(C)N(Cc1cccc(Cl)c1)C(=O)CN1C(=O)CNC1=O. The molecule has 0 saturated carbocycles. The average Bonchev–Trinajstić information content (AvgIpc) is 2.76. The maximum absolute atomic E-state index is 12.4. The van der Waals surface area contributed by atoms with Gasteiger partial charge in [-0.25, -0.2) is 4.79 Å². The predicted molar refractivity (Wildman–Crippen MR) is 82.2 cm³/mol. The number of carbonyl (C=O) groups excluding carboxylic acids is 3. The van der Waals surface area contributed by atoms with Crippen LogP contribution in [0.25, 0.3) is 0 Å². The van der Waals surface area contributed by atoms with E-state index in [1.54, 1.807) is 17.0 Å². The lowest BCUT2D eigenvalue weighted by molar-refractivity contribution is -0.138. The molecule has 0 radical (unpaired) electrons. The molecular weight excluding hydrogens is 306 g/mol. The molecule has 0 aliphatic carbocycles. The molecule has 22 heavy (non-hydrogen) atoms. The number of imide groups is 1. The maximum atomic E-state index is 12.4.